The first-order valence-corrected chi connectivity index (χ1v) is 5.29. The standard InChI is InChI=1S/C10H19NO3S/c1-10(2,3)14-9(13)11(4)7-5-6-8(12)15/h5-7H2,1-4H3,(H,12,15). The molecule has 4 nitrogen and oxygen atoms in total. The molecule has 0 bridgehead atoms. The van der Waals surface area contributed by atoms with Crippen molar-refractivity contribution in [3.05, 3.63) is 0 Å². The summed E-state index contributed by atoms with van der Waals surface area (Å²) < 4.78 is 5.15. The van der Waals surface area contributed by atoms with Crippen molar-refractivity contribution in [3.8, 4) is 0 Å². The predicted octanol–water partition coefficient (Wildman–Crippen LogP) is 2.52. The first-order chi connectivity index (χ1) is 6.72. The smallest absolute Gasteiger partial charge is 0.410 e. The summed E-state index contributed by atoms with van der Waals surface area (Å²) in [5.74, 6) is 0. The number of carbonyl (C=O) groups excluding carboxylic acids is 1. The molecule has 0 rings (SSSR count). The van der Waals surface area contributed by atoms with Gasteiger partial charge in [-0.2, -0.15) is 0 Å². The van der Waals surface area contributed by atoms with Gasteiger partial charge in [0.2, 0.25) is 0 Å². The molecule has 15 heavy (non-hydrogen) atoms. The zero-order valence-corrected chi connectivity index (χ0v) is 10.6. The van der Waals surface area contributed by atoms with Crippen LogP contribution >= 0.6 is 12.2 Å². The van der Waals surface area contributed by atoms with Crippen LogP contribution in [0.1, 0.15) is 33.6 Å². The van der Waals surface area contributed by atoms with Crippen molar-refractivity contribution in [1.82, 2.24) is 4.90 Å². The Bertz CT molecular complexity index is 235. The molecule has 88 valence electrons. The lowest BCUT2D eigenvalue weighted by molar-refractivity contribution is 0.0297. The van der Waals surface area contributed by atoms with Gasteiger partial charge in [0.05, 0.1) is 0 Å². The highest BCUT2D eigenvalue weighted by Gasteiger charge is 2.19. The van der Waals surface area contributed by atoms with Crippen LogP contribution < -0.4 is 0 Å². The third-order valence-corrected chi connectivity index (χ3v) is 1.79. The maximum Gasteiger partial charge on any atom is 0.410 e. The van der Waals surface area contributed by atoms with E-state index in [4.69, 9.17) is 9.84 Å². The van der Waals surface area contributed by atoms with E-state index >= 15 is 0 Å². The van der Waals surface area contributed by atoms with Gasteiger partial charge in [-0.05, 0) is 39.4 Å². The lowest BCUT2D eigenvalue weighted by atomic mass is 10.2. The highest BCUT2D eigenvalue weighted by Crippen LogP contribution is 2.09. The first kappa shape index (κ1) is 14.2. The topological polar surface area (TPSA) is 49.8 Å². The molecule has 5 heteroatoms. The lowest BCUT2D eigenvalue weighted by Crippen LogP contribution is -2.34. The Kier molecular flexibility index (Phi) is 5.57. The van der Waals surface area contributed by atoms with Gasteiger partial charge < -0.3 is 14.7 Å². The Morgan fingerprint density at radius 3 is 2.40 bits per heavy atom. The molecule has 1 amide bonds. The number of nitrogens with zero attached hydrogens (tertiary/aromatic N) is 1. The number of ether oxygens (including phenoxy) is 1. The quantitative estimate of drug-likeness (QED) is 0.758. The summed E-state index contributed by atoms with van der Waals surface area (Å²) in [5, 5.41) is 8.77. The first-order valence-electron chi connectivity index (χ1n) is 4.88. The largest absolute Gasteiger partial charge is 0.502 e. The highest BCUT2D eigenvalue weighted by molar-refractivity contribution is 7.80. The van der Waals surface area contributed by atoms with Gasteiger partial charge in [0.25, 0.3) is 0 Å². The summed E-state index contributed by atoms with van der Waals surface area (Å²) in [6.45, 7) is 5.99. The van der Waals surface area contributed by atoms with Crippen molar-refractivity contribution in [3.63, 3.8) is 0 Å². The summed E-state index contributed by atoms with van der Waals surface area (Å²) >= 11 is 4.52. The lowest BCUT2D eigenvalue weighted by Gasteiger charge is -2.24. The van der Waals surface area contributed by atoms with Crippen LogP contribution in [-0.2, 0) is 4.74 Å². The molecule has 0 fully saturated rings. The number of hydrogen-bond donors (Lipinski definition) is 1. The SMILES string of the molecule is CN(CCCC(O)=S)C(=O)OC(C)(C)C. The van der Waals surface area contributed by atoms with E-state index in [2.05, 4.69) is 12.2 Å². The van der Waals surface area contributed by atoms with Crippen molar-refractivity contribution < 1.29 is 14.6 Å². The highest BCUT2D eigenvalue weighted by atomic mass is 32.1. The van der Waals surface area contributed by atoms with Gasteiger partial charge in [-0.25, -0.2) is 4.79 Å². The van der Waals surface area contributed by atoms with E-state index in [-0.39, 0.29) is 11.1 Å². The van der Waals surface area contributed by atoms with Crippen molar-refractivity contribution >= 4 is 23.4 Å². The number of carbonyl (C=O) groups is 1. The van der Waals surface area contributed by atoms with Crippen molar-refractivity contribution in [2.45, 2.75) is 39.2 Å². The fraction of sp³-hybridized carbons (Fsp3) is 0.800. The minimum absolute atomic E-state index is 0.0208. The molecule has 0 heterocycles. The number of amides is 1. The second-order valence-electron chi connectivity index (χ2n) is 4.40. The van der Waals surface area contributed by atoms with Crippen molar-refractivity contribution in [2.75, 3.05) is 13.6 Å². The molecule has 0 atom stereocenters. The molecule has 0 aliphatic heterocycles. The molecule has 0 aliphatic rings. The van der Waals surface area contributed by atoms with Crippen LogP contribution in [0.4, 0.5) is 4.79 Å². The average molecular weight is 233 g/mol. The number of rotatable bonds is 4. The molecule has 0 aromatic heterocycles. The predicted molar refractivity (Wildman–Crippen MR) is 63.3 cm³/mol. The maximum absolute atomic E-state index is 11.4. The zero-order valence-electron chi connectivity index (χ0n) is 9.74. The van der Waals surface area contributed by atoms with E-state index in [1.165, 1.54) is 4.90 Å². The van der Waals surface area contributed by atoms with Crippen LogP contribution in [0.25, 0.3) is 0 Å². The third kappa shape index (κ3) is 8.17. The summed E-state index contributed by atoms with van der Waals surface area (Å²) in [7, 11) is 1.66. The van der Waals surface area contributed by atoms with Gasteiger partial charge in [-0.1, -0.05) is 0 Å². The fourth-order valence-corrected chi connectivity index (χ4v) is 1.04. The van der Waals surface area contributed by atoms with Crippen LogP contribution in [0.15, 0.2) is 0 Å². The van der Waals surface area contributed by atoms with Crippen LogP contribution in [-0.4, -0.2) is 40.3 Å². The Hall–Kier alpha value is -0.840. The molecular formula is C10H19NO3S. The second-order valence-corrected chi connectivity index (χ2v) is 4.87. The number of aliphatic hydroxyl groups is 1. The third-order valence-electron chi connectivity index (χ3n) is 1.59. The molecule has 0 saturated heterocycles. The van der Waals surface area contributed by atoms with Gasteiger partial charge >= 0.3 is 6.09 Å². The van der Waals surface area contributed by atoms with E-state index in [1.807, 2.05) is 20.8 Å². The maximum atomic E-state index is 11.4. The molecule has 0 aromatic rings. The van der Waals surface area contributed by atoms with Gasteiger partial charge in [0.15, 0.2) is 5.05 Å². The number of hydrogen-bond acceptors (Lipinski definition) is 3. The zero-order chi connectivity index (χ0) is 12.1. The van der Waals surface area contributed by atoms with Crippen LogP contribution in [0.2, 0.25) is 0 Å². The molecule has 0 unspecified atom stereocenters. The molecule has 0 spiro atoms. The molecular weight excluding hydrogens is 214 g/mol. The van der Waals surface area contributed by atoms with Crippen LogP contribution in [0.3, 0.4) is 0 Å². The van der Waals surface area contributed by atoms with Crippen molar-refractivity contribution in [2.24, 2.45) is 0 Å². The van der Waals surface area contributed by atoms with Crippen molar-refractivity contribution in [1.29, 1.82) is 0 Å². The Balaban J connectivity index is 3.85. The van der Waals surface area contributed by atoms with E-state index < -0.39 is 5.60 Å². The molecule has 0 aliphatic carbocycles. The van der Waals surface area contributed by atoms with Gasteiger partial charge in [-0.15, -0.1) is 0 Å². The molecule has 0 aromatic carbocycles. The summed E-state index contributed by atoms with van der Waals surface area (Å²) in [5.41, 5.74) is -0.475. The molecule has 0 saturated carbocycles. The van der Waals surface area contributed by atoms with Crippen LogP contribution in [0.5, 0.6) is 0 Å². The molecule has 1 N–H and O–H groups in total. The number of aliphatic hydroxyl groups excluding tert-OH is 1. The Morgan fingerprint density at radius 1 is 1.47 bits per heavy atom. The minimum atomic E-state index is -0.475. The minimum Gasteiger partial charge on any atom is -0.502 e. The Labute approximate surface area is 96.2 Å². The Morgan fingerprint density at radius 2 is 2.00 bits per heavy atom. The second kappa shape index (κ2) is 5.90. The number of thiocarbonyl (C=S) groups is 1. The van der Waals surface area contributed by atoms with Crippen LogP contribution in [0, 0.1) is 0 Å². The van der Waals surface area contributed by atoms with E-state index in [0.29, 0.717) is 19.4 Å². The van der Waals surface area contributed by atoms with Gasteiger partial charge in [-0.3, -0.25) is 0 Å². The monoisotopic (exact) mass is 233 g/mol. The summed E-state index contributed by atoms with van der Waals surface area (Å²) in [6, 6.07) is 0. The summed E-state index contributed by atoms with van der Waals surface area (Å²) in [4.78, 5) is 12.9. The van der Waals surface area contributed by atoms with Gasteiger partial charge in [0, 0.05) is 20.0 Å². The summed E-state index contributed by atoms with van der Waals surface area (Å²) in [6.07, 6.45) is 0.722. The normalized spacial score (nSPS) is 10.9. The van der Waals surface area contributed by atoms with E-state index in [9.17, 15) is 4.79 Å². The molecule has 0 radical (unpaired) electrons. The van der Waals surface area contributed by atoms with E-state index in [1.54, 1.807) is 7.05 Å². The van der Waals surface area contributed by atoms with Gasteiger partial charge in [0.1, 0.15) is 5.60 Å². The van der Waals surface area contributed by atoms with E-state index in [0.717, 1.165) is 0 Å². The average Bonchev–Trinajstić information content (AvgIpc) is 1.99. The fourth-order valence-electron chi connectivity index (χ4n) is 0.899.